The lowest BCUT2D eigenvalue weighted by molar-refractivity contribution is -0.154. The van der Waals surface area contributed by atoms with E-state index in [2.05, 4.69) is 123 Å². The van der Waals surface area contributed by atoms with Crippen LogP contribution in [0.2, 0.25) is 0 Å². The number of carbonyl (C=O) groups is 1. The zero-order valence-corrected chi connectivity index (χ0v) is 36.0. The number of rotatable bonds is 39. The van der Waals surface area contributed by atoms with Crippen molar-refractivity contribution in [2.75, 3.05) is 33.0 Å². The van der Waals surface area contributed by atoms with E-state index in [-0.39, 0.29) is 38.8 Å². The van der Waals surface area contributed by atoms with Gasteiger partial charge in [-0.15, -0.1) is 0 Å². The number of unbranched alkanes of at least 4 members (excludes halogenated alkanes) is 8. The minimum Gasteiger partial charge on any atom is -0.457 e. The molecule has 0 aromatic rings. The monoisotopic (exact) mass is 800 g/mol. The first-order chi connectivity index (χ1) is 27.4. The van der Waals surface area contributed by atoms with Crippen molar-refractivity contribution < 1.29 is 32.8 Å². The summed E-state index contributed by atoms with van der Waals surface area (Å²) in [5.41, 5.74) is 5.36. The molecule has 3 N–H and O–H groups in total. The molecule has 0 spiro atoms. The molecule has 318 valence electrons. The second kappa shape index (κ2) is 43.3. The van der Waals surface area contributed by atoms with Crippen molar-refractivity contribution in [3.05, 3.63) is 109 Å². The van der Waals surface area contributed by atoms with E-state index in [4.69, 9.17) is 24.3 Å². The van der Waals surface area contributed by atoms with Gasteiger partial charge in [-0.3, -0.25) is 13.8 Å². The molecule has 0 saturated carbocycles. The smallest absolute Gasteiger partial charge is 0.457 e. The number of allylic oxidation sites excluding steroid dienone is 18. The second-order valence-electron chi connectivity index (χ2n) is 13.4. The van der Waals surface area contributed by atoms with Gasteiger partial charge in [0, 0.05) is 19.6 Å². The summed E-state index contributed by atoms with van der Waals surface area (Å²) in [5.74, 6) is -0.373. The highest BCUT2D eigenvalue weighted by Gasteiger charge is 2.25. The molecule has 0 rings (SSSR count). The summed E-state index contributed by atoms with van der Waals surface area (Å²) in [6.07, 6.45) is 58.3. The molecule has 0 amide bonds. The normalized spacial score (nSPS) is 14.6. The topological polar surface area (TPSA) is 117 Å². The summed E-state index contributed by atoms with van der Waals surface area (Å²) in [7, 11) is -4.30. The van der Waals surface area contributed by atoms with Gasteiger partial charge in [-0.2, -0.15) is 0 Å². The maximum atomic E-state index is 12.5. The van der Waals surface area contributed by atoms with Gasteiger partial charge in [-0.25, -0.2) is 4.57 Å². The molecule has 0 heterocycles. The van der Waals surface area contributed by atoms with E-state index in [0.717, 1.165) is 109 Å². The van der Waals surface area contributed by atoms with Crippen molar-refractivity contribution in [2.45, 2.75) is 148 Å². The highest BCUT2D eigenvalue weighted by Crippen LogP contribution is 2.43. The van der Waals surface area contributed by atoms with Crippen molar-refractivity contribution in [1.82, 2.24) is 0 Å². The van der Waals surface area contributed by atoms with Crippen LogP contribution in [0.25, 0.3) is 0 Å². The third-order valence-corrected chi connectivity index (χ3v) is 9.17. The summed E-state index contributed by atoms with van der Waals surface area (Å²) in [4.78, 5) is 22.4. The lowest BCUT2D eigenvalue weighted by Gasteiger charge is -2.20. The molecule has 8 nitrogen and oxygen atoms in total. The number of hydrogen-bond acceptors (Lipinski definition) is 7. The number of carbonyl (C=O) groups excluding carboxylic acids is 1. The molecule has 0 aliphatic heterocycles. The van der Waals surface area contributed by atoms with E-state index in [1.54, 1.807) is 0 Å². The molecule has 0 aromatic heterocycles. The molecule has 0 saturated heterocycles. The van der Waals surface area contributed by atoms with Crippen molar-refractivity contribution in [3.63, 3.8) is 0 Å². The standard InChI is InChI=1S/C47H78NO7P/c1-3-5-7-9-11-13-15-17-18-19-20-21-22-23-24-25-26-27-29-31-33-35-37-39-42-52-44-46(45-54-56(50,51)53-43-41-48)55-47(49)40-38-36-34-32-30-28-16-14-12-10-8-6-4-2/h5-8,11-14,17-18,20-21,23-24,26-28,30,46H,3-4,9-10,15-16,19,22,25,29,31-45,48H2,1-2H3,(H,50,51)/b7-5-,8-6-,13-11-,14-12-,18-17-,21-20-,24-23-,27-26-,30-28-. The largest absolute Gasteiger partial charge is 0.472 e. The lowest BCUT2D eigenvalue weighted by Crippen LogP contribution is -2.28. The lowest BCUT2D eigenvalue weighted by atomic mass is 10.1. The minimum atomic E-state index is -4.30. The highest BCUT2D eigenvalue weighted by molar-refractivity contribution is 7.47. The number of esters is 1. The van der Waals surface area contributed by atoms with Crippen molar-refractivity contribution in [1.29, 1.82) is 0 Å². The predicted octanol–water partition coefficient (Wildman–Crippen LogP) is 12.9. The van der Waals surface area contributed by atoms with Gasteiger partial charge in [0.2, 0.25) is 0 Å². The molecule has 2 unspecified atom stereocenters. The van der Waals surface area contributed by atoms with Gasteiger partial charge < -0.3 is 20.1 Å². The third kappa shape index (κ3) is 42.3. The average Bonchev–Trinajstić information content (AvgIpc) is 3.19. The summed E-state index contributed by atoms with van der Waals surface area (Å²) in [6, 6.07) is 0. The van der Waals surface area contributed by atoms with Crippen LogP contribution in [-0.2, 0) is 27.9 Å². The molecule has 0 aromatic carbocycles. The van der Waals surface area contributed by atoms with Crippen LogP contribution in [0.5, 0.6) is 0 Å². The van der Waals surface area contributed by atoms with Crippen LogP contribution in [0.15, 0.2) is 109 Å². The first-order valence-corrected chi connectivity index (χ1v) is 22.9. The average molecular weight is 800 g/mol. The fourth-order valence-electron chi connectivity index (χ4n) is 5.13. The quantitative estimate of drug-likeness (QED) is 0.0273. The van der Waals surface area contributed by atoms with Crippen molar-refractivity contribution in [3.8, 4) is 0 Å². The van der Waals surface area contributed by atoms with E-state index in [0.29, 0.717) is 13.0 Å². The van der Waals surface area contributed by atoms with E-state index in [9.17, 15) is 14.3 Å². The fourth-order valence-corrected chi connectivity index (χ4v) is 5.89. The Hall–Kier alpha value is -2.84. The molecule has 0 aliphatic rings. The summed E-state index contributed by atoms with van der Waals surface area (Å²) < 4.78 is 33.3. The van der Waals surface area contributed by atoms with Gasteiger partial charge in [-0.1, -0.05) is 149 Å². The van der Waals surface area contributed by atoms with Gasteiger partial charge in [0.05, 0.1) is 19.8 Å². The van der Waals surface area contributed by atoms with E-state index >= 15 is 0 Å². The second-order valence-corrected chi connectivity index (χ2v) is 14.9. The first kappa shape index (κ1) is 53.2. The van der Waals surface area contributed by atoms with Gasteiger partial charge in [0.15, 0.2) is 0 Å². The van der Waals surface area contributed by atoms with Gasteiger partial charge in [0.1, 0.15) is 6.10 Å². The van der Waals surface area contributed by atoms with Crippen LogP contribution >= 0.6 is 7.82 Å². The predicted molar refractivity (Wildman–Crippen MR) is 237 cm³/mol. The molecule has 0 aliphatic carbocycles. The minimum absolute atomic E-state index is 0.0828. The van der Waals surface area contributed by atoms with Gasteiger partial charge in [-0.05, 0) is 96.3 Å². The summed E-state index contributed by atoms with van der Waals surface area (Å²) >= 11 is 0. The van der Waals surface area contributed by atoms with Crippen LogP contribution in [0.3, 0.4) is 0 Å². The maximum Gasteiger partial charge on any atom is 0.472 e. The van der Waals surface area contributed by atoms with Crippen LogP contribution < -0.4 is 5.73 Å². The van der Waals surface area contributed by atoms with Gasteiger partial charge in [0.25, 0.3) is 0 Å². The number of phosphoric acid groups is 1. The van der Waals surface area contributed by atoms with E-state index < -0.39 is 13.9 Å². The molecule has 0 bridgehead atoms. The zero-order valence-electron chi connectivity index (χ0n) is 35.1. The third-order valence-electron chi connectivity index (χ3n) is 8.19. The number of nitrogens with two attached hydrogens (primary N) is 1. The Labute approximate surface area is 342 Å². The number of phosphoric ester groups is 1. The SMILES string of the molecule is CC/C=C\C/C=C\C/C=C\C/C=C\C/C=C\C/C=C\CCCCCCCOCC(COP(=O)(O)OCCN)OC(=O)CCCCC/C=C\C/C=C\C/C=C\CC. The van der Waals surface area contributed by atoms with Crippen LogP contribution in [0.1, 0.15) is 142 Å². The highest BCUT2D eigenvalue weighted by atomic mass is 31.2. The Bertz CT molecular complexity index is 1210. The van der Waals surface area contributed by atoms with E-state index in [1.807, 2.05) is 0 Å². The number of ether oxygens (including phenoxy) is 2. The van der Waals surface area contributed by atoms with E-state index in [1.165, 1.54) is 6.42 Å². The van der Waals surface area contributed by atoms with Crippen molar-refractivity contribution >= 4 is 13.8 Å². The van der Waals surface area contributed by atoms with Gasteiger partial charge >= 0.3 is 13.8 Å². The summed E-state index contributed by atoms with van der Waals surface area (Å²) in [6.45, 7) is 4.56. The zero-order chi connectivity index (χ0) is 40.9. The Kier molecular flexibility index (Phi) is 41.1. The Balaban J connectivity index is 4.12. The fraction of sp³-hybridized carbons (Fsp3) is 0.596. The molecular formula is C47H78NO7P. The van der Waals surface area contributed by atoms with Crippen LogP contribution in [0, 0.1) is 0 Å². The summed E-state index contributed by atoms with van der Waals surface area (Å²) in [5, 5.41) is 0. The molecular weight excluding hydrogens is 721 g/mol. The molecule has 0 radical (unpaired) electrons. The van der Waals surface area contributed by atoms with Crippen molar-refractivity contribution in [2.24, 2.45) is 5.73 Å². The molecule has 0 fully saturated rings. The van der Waals surface area contributed by atoms with Crippen LogP contribution in [0.4, 0.5) is 0 Å². The Morgan fingerprint density at radius 1 is 0.536 bits per heavy atom. The molecule has 9 heteroatoms. The number of hydrogen-bond donors (Lipinski definition) is 2. The molecule has 2 atom stereocenters. The Morgan fingerprint density at radius 3 is 1.41 bits per heavy atom. The Morgan fingerprint density at radius 2 is 0.946 bits per heavy atom. The van der Waals surface area contributed by atoms with Crippen LogP contribution in [-0.4, -0.2) is 49.9 Å². The maximum absolute atomic E-state index is 12.5. The molecule has 56 heavy (non-hydrogen) atoms. The first-order valence-electron chi connectivity index (χ1n) is 21.4.